The van der Waals surface area contributed by atoms with Gasteiger partial charge >= 0.3 is 11.9 Å². The molecule has 0 spiro atoms. The normalized spacial score (nSPS) is 50.1. The second kappa shape index (κ2) is 6.72. The van der Waals surface area contributed by atoms with Crippen molar-refractivity contribution in [2.24, 2.45) is 34.5 Å². The SMILES string of the molecule is COC(=O)[C@@]1(O)CCC2C3CC[C@H]4C[C@@H](OC(C)=O)CCC4(C)C3CCC21C. The smallest absolute Gasteiger partial charge is 0.338 e. The summed E-state index contributed by atoms with van der Waals surface area (Å²) in [4.78, 5) is 23.9. The van der Waals surface area contributed by atoms with Crippen molar-refractivity contribution in [3.8, 4) is 0 Å². The van der Waals surface area contributed by atoms with Crippen LogP contribution >= 0.6 is 0 Å². The van der Waals surface area contributed by atoms with Gasteiger partial charge in [0.2, 0.25) is 0 Å². The fraction of sp³-hybridized carbons (Fsp3) is 0.913. The molecule has 4 saturated carbocycles. The minimum absolute atomic E-state index is 0.0804. The van der Waals surface area contributed by atoms with Crippen LogP contribution < -0.4 is 0 Å². The molecule has 5 heteroatoms. The lowest BCUT2D eigenvalue weighted by atomic mass is 9.44. The van der Waals surface area contributed by atoms with Crippen molar-refractivity contribution < 1.29 is 24.2 Å². The number of hydrogen-bond acceptors (Lipinski definition) is 5. The van der Waals surface area contributed by atoms with Gasteiger partial charge in [-0.3, -0.25) is 4.79 Å². The Morgan fingerprint density at radius 3 is 2.36 bits per heavy atom. The summed E-state index contributed by atoms with van der Waals surface area (Å²) in [6.07, 6.45) is 8.88. The summed E-state index contributed by atoms with van der Waals surface area (Å²) >= 11 is 0. The van der Waals surface area contributed by atoms with E-state index >= 15 is 0 Å². The lowest BCUT2D eigenvalue weighted by Gasteiger charge is -2.61. The highest BCUT2D eigenvalue weighted by atomic mass is 16.5. The molecule has 8 atom stereocenters. The predicted octanol–water partition coefficient (Wildman–Crippen LogP) is 3.86. The summed E-state index contributed by atoms with van der Waals surface area (Å²) in [5.41, 5.74) is -1.42. The van der Waals surface area contributed by atoms with Gasteiger partial charge in [-0.1, -0.05) is 13.8 Å². The number of ether oxygens (including phenoxy) is 2. The van der Waals surface area contributed by atoms with Crippen molar-refractivity contribution in [2.75, 3.05) is 7.11 Å². The fourth-order valence-electron chi connectivity index (χ4n) is 8.08. The Balaban J connectivity index is 1.56. The molecular formula is C23H36O5. The van der Waals surface area contributed by atoms with Gasteiger partial charge in [0.15, 0.2) is 5.60 Å². The van der Waals surface area contributed by atoms with Crippen LogP contribution in [0.2, 0.25) is 0 Å². The second-order valence-corrected chi connectivity index (χ2v) is 10.5. The fourth-order valence-corrected chi connectivity index (χ4v) is 8.08. The third-order valence-electron chi connectivity index (χ3n) is 9.62. The summed E-state index contributed by atoms with van der Waals surface area (Å²) in [7, 11) is 1.39. The Hall–Kier alpha value is -1.10. The Labute approximate surface area is 168 Å². The van der Waals surface area contributed by atoms with Gasteiger partial charge in [0.1, 0.15) is 6.10 Å². The van der Waals surface area contributed by atoms with E-state index in [2.05, 4.69) is 13.8 Å². The van der Waals surface area contributed by atoms with Gasteiger partial charge in [-0.15, -0.1) is 0 Å². The molecule has 0 aromatic heterocycles. The van der Waals surface area contributed by atoms with Crippen molar-refractivity contribution >= 4 is 11.9 Å². The molecule has 0 amide bonds. The van der Waals surface area contributed by atoms with E-state index in [4.69, 9.17) is 9.47 Å². The summed E-state index contributed by atoms with van der Waals surface area (Å²) in [6.45, 7) is 6.10. The molecule has 1 N–H and O–H groups in total. The first-order chi connectivity index (χ1) is 13.2. The Morgan fingerprint density at radius 2 is 1.68 bits per heavy atom. The van der Waals surface area contributed by atoms with E-state index < -0.39 is 11.6 Å². The molecule has 158 valence electrons. The van der Waals surface area contributed by atoms with Gasteiger partial charge in [0.25, 0.3) is 0 Å². The summed E-state index contributed by atoms with van der Waals surface area (Å²) in [5, 5.41) is 11.3. The number of aliphatic hydroxyl groups is 1. The monoisotopic (exact) mass is 392 g/mol. The summed E-state index contributed by atoms with van der Waals surface area (Å²) < 4.78 is 10.6. The quantitative estimate of drug-likeness (QED) is 0.722. The molecule has 4 rings (SSSR count). The van der Waals surface area contributed by atoms with Crippen molar-refractivity contribution in [3.63, 3.8) is 0 Å². The van der Waals surface area contributed by atoms with Crippen molar-refractivity contribution in [1.29, 1.82) is 0 Å². The summed E-state index contributed by atoms with van der Waals surface area (Å²) in [5.74, 6) is 1.60. The van der Waals surface area contributed by atoms with E-state index in [1.165, 1.54) is 20.5 Å². The highest BCUT2D eigenvalue weighted by Crippen LogP contribution is 2.68. The molecule has 28 heavy (non-hydrogen) atoms. The maximum Gasteiger partial charge on any atom is 0.338 e. The minimum atomic E-state index is -1.33. The maximum absolute atomic E-state index is 12.5. The summed E-state index contributed by atoms with van der Waals surface area (Å²) in [6, 6.07) is 0. The van der Waals surface area contributed by atoms with Crippen LogP contribution in [0.25, 0.3) is 0 Å². The third kappa shape index (κ3) is 2.68. The average Bonchev–Trinajstić information content (AvgIpc) is 2.93. The van der Waals surface area contributed by atoms with Gasteiger partial charge in [0, 0.05) is 12.3 Å². The number of methoxy groups -OCH3 is 1. The largest absolute Gasteiger partial charge is 0.467 e. The Kier molecular flexibility index (Phi) is 4.84. The van der Waals surface area contributed by atoms with Crippen LogP contribution in [0.3, 0.4) is 0 Å². The predicted molar refractivity (Wildman–Crippen MR) is 104 cm³/mol. The third-order valence-corrected chi connectivity index (χ3v) is 9.62. The molecule has 4 aliphatic rings. The maximum atomic E-state index is 12.5. The molecule has 4 aliphatic carbocycles. The first-order valence-electron chi connectivity index (χ1n) is 11.1. The Bertz CT molecular complexity index is 661. The first kappa shape index (κ1) is 20.2. The van der Waals surface area contributed by atoms with E-state index in [0.717, 1.165) is 44.9 Å². The van der Waals surface area contributed by atoms with Crippen LogP contribution in [0.5, 0.6) is 0 Å². The van der Waals surface area contributed by atoms with E-state index in [1.54, 1.807) is 0 Å². The number of carbonyl (C=O) groups excluding carboxylic acids is 2. The number of hydrogen-bond donors (Lipinski definition) is 1. The molecule has 4 fully saturated rings. The number of esters is 2. The standard InChI is InChI=1S/C23H36O5/c1-14(24)28-16-7-10-21(2)15(13-16)5-6-17-18(21)8-11-22(3)19(17)9-12-23(22,26)20(25)27-4/h15-19,26H,5-13H2,1-4H3/t15-,16-,17?,18?,19?,21?,22?,23-/m0/s1. The Morgan fingerprint density at radius 1 is 0.964 bits per heavy atom. The highest BCUT2D eigenvalue weighted by molar-refractivity contribution is 5.81. The molecule has 0 heterocycles. The highest BCUT2D eigenvalue weighted by Gasteiger charge is 2.67. The second-order valence-electron chi connectivity index (χ2n) is 10.5. The van der Waals surface area contributed by atoms with Crippen LogP contribution in [0, 0.1) is 34.5 Å². The zero-order valence-electron chi connectivity index (χ0n) is 17.8. The lowest BCUT2D eigenvalue weighted by Crippen LogP contribution is -2.59. The zero-order valence-corrected chi connectivity index (χ0v) is 17.8. The number of rotatable bonds is 2. The van der Waals surface area contributed by atoms with Crippen molar-refractivity contribution in [3.05, 3.63) is 0 Å². The molecule has 0 aromatic carbocycles. The van der Waals surface area contributed by atoms with Crippen molar-refractivity contribution in [1.82, 2.24) is 0 Å². The van der Waals surface area contributed by atoms with Crippen molar-refractivity contribution in [2.45, 2.75) is 90.3 Å². The molecule has 5 nitrogen and oxygen atoms in total. The van der Waals surface area contributed by atoms with Gasteiger partial charge in [0.05, 0.1) is 7.11 Å². The average molecular weight is 393 g/mol. The molecular weight excluding hydrogens is 356 g/mol. The van der Waals surface area contributed by atoms with Crippen LogP contribution in [0.1, 0.15) is 78.6 Å². The van der Waals surface area contributed by atoms with Crippen LogP contribution in [-0.4, -0.2) is 35.9 Å². The molecule has 0 aliphatic heterocycles. The molecule has 0 radical (unpaired) electrons. The van der Waals surface area contributed by atoms with E-state index in [-0.39, 0.29) is 22.9 Å². The van der Waals surface area contributed by atoms with Gasteiger partial charge in [-0.25, -0.2) is 4.79 Å². The van der Waals surface area contributed by atoms with Crippen LogP contribution in [0.4, 0.5) is 0 Å². The molecule has 0 aromatic rings. The first-order valence-corrected chi connectivity index (χ1v) is 11.1. The topological polar surface area (TPSA) is 72.8 Å². The van der Waals surface area contributed by atoms with Gasteiger partial charge < -0.3 is 14.6 Å². The number of carbonyl (C=O) groups is 2. The number of fused-ring (bicyclic) bond motifs is 5. The van der Waals surface area contributed by atoms with E-state index in [9.17, 15) is 14.7 Å². The van der Waals surface area contributed by atoms with E-state index in [1.807, 2.05) is 0 Å². The molecule has 0 bridgehead atoms. The van der Waals surface area contributed by atoms with Crippen LogP contribution in [-0.2, 0) is 19.1 Å². The zero-order chi connectivity index (χ0) is 20.3. The molecule has 0 saturated heterocycles. The molecule has 5 unspecified atom stereocenters. The lowest BCUT2D eigenvalue weighted by molar-refractivity contribution is -0.191. The minimum Gasteiger partial charge on any atom is -0.467 e. The van der Waals surface area contributed by atoms with E-state index in [0.29, 0.717) is 30.1 Å². The van der Waals surface area contributed by atoms with Crippen LogP contribution in [0.15, 0.2) is 0 Å². The van der Waals surface area contributed by atoms with Gasteiger partial charge in [-0.05, 0) is 86.9 Å². The van der Waals surface area contributed by atoms with Gasteiger partial charge in [-0.2, -0.15) is 0 Å².